The molecule has 2 aliphatic rings. The zero-order valence-corrected chi connectivity index (χ0v) is 12.7. The lowest BCUT2D eigenvalue weighted by atomic mass is 9.89. The predicted octanol–water partition coefficient (Wildman–Crippen LogP) is 4.24. The summed E-state index contributed by atoms with van der Waals surface area (Å²) in [7, 11) is 1.73. The number of benzene rings is 1. The van der Waals surface area contributed by atoms with E-state index in [0.717, 1.165) is 24.3 Å². The third kappa shape index (κ3) is 3.76. The van der Waals surface area contributed by atoms with Crippen LogP contribution < -0.4 is 4.74 Å². The molecule has 110 valence electrons. The molecule has 0 aliphatic heterocycles. The molecule has 1 aromatic carbocycles. The van der Waals surface area contributed by atoms with Crippen LogP contribution in [0.3, 0.4) is 0 Å². The first kappa shape index (κ1) is 13.9. The van der Waals surface area contributed by atoms with Gasteiger partial charge >= 0.3 is 0 Å². The number of hydrogen-bond donors (Lipinski definition) is 0. The smallest absolute Gasteiger partial charge is 0.118 e. The molecule has 0 N–H and O–H groups in total. The number of nitrogens with zero attached hydrogens (tertiary/aromatic N) is 1. The van der Waals surface area contributed by atoms with Crippen LogP contribution in [0, 0.1) is 5.92 Å². The number of rotatable bonds is 6. The molecule has 0 radical (unpaired) electrons. The minimum atomic E-state index is 0.860. The van der Waals surface area contributed by atoms with E-state index in [4.69, 9.17) is 4.74 Å². The molecule has 0 aromatic heterocycles. The summed E-state index contributed by atoms with van der Waals surface area (Å²) < 4.78 is 5.24. The highest BCUT2D eigenvalue weighted by Gasteiger charge is 2.30. The lowest BCUT2D eigenvalue weighted by molar-refractivity contribution is 0.186. The van der Waals surface area contributed by atoms with Gasteiger partial charge in [0, 0.05) is 19.1 Å². The fourth-order valence-electron chi connectivity index (χ4n) is 3.45. The van der Waals surface area contributed by atoms with Crippen molar-refractivity contribution in [3.8, 4) is 5.75 Å². The molecule has 0 unspecified atom stereocenters. The monoisotopic (exact) mass is 273 g/mol. The standard InChI is InChI=1S/C18H27NO/c1-20-18-11-7-16(8-12-18)14-19(17-9-10-17)13-15-5-3-2-4-6-15/h7-8,11-12,15,17H,2-6,9-10,13-14H2,1H3. The molecular weight excluding hydrogens is 246 g/mol. The van der Waals surface area contributed by atoms with Gasteiger partial charge in [0.05, 0.1) is 7.11 Å². The molecule has 2 aliphatic carbocycles. The summed E-state index contributed by atoms with van der Waals surface area (Å²) in [5.41, 5.74) is 1.42. The summed E-state index contributed by atoms with van der Waals surface area (Å²) in [5.74, 6) is 1.90. The molecule has 2 fully saturated rings. The molecule has 2 saturated carbocycles. The van der Waals surface area contributed by atoms with Crippen LogP contribution in [0.4, 0.5) is 0 Å². The van der Waals surface area contributed by atoms with Gasteiger partial charge in [-0.2, -0.15) is 0 Å². The van der Waals surface area contributed by atoms with Crippen molar-refractivity contribution in [2.24, 2.45) is 5.92 Å². The van der Waals surface area contributed by atoms with Gasteiger partial charge in [0.25, 0.3) is 0 Å². The molecular formula is C18H27NO. The second kappa shape index (κ2) is 6.62. The summed E-state index contributed by atoms with van der Waals surface area (Å²) in [6.07, 6.45) is 10.1. The van der Waals surface area contributed by atoms with E-state index in [0.29, 0.717) is 0 Å². The van der Waals surface area contributed by atoms with Crippen molar-refractivity contribution >= 4 is 0 Å². The van der Waals surface area contributed by atoms with E-state index in [9.17, 15) is 0 Å². The highest BCUT2D eigenvalue weighted by Crippen LogP contribution is 2.32. The largest absolute Gasteiger partial charge is 0.497 e. The second-order valence-corrected chi connectivity index (χ2v) is 6.51. The third-order valence-electron chi connectivity index (χ3n) is 4.83. The summed E-state index contributed by atoms with van der Waals surface area (Å²) in [6, 6.07) is 9.46. The van der Waals surface area contributed by atoms with Gasteiger partial charge in [0.1, 0.15) is 5.75 Å². The van der Waals surface area contributed by atoms with Gasteiger partial charge in [0.15, 0.2) is 0 Å². The van der Waals surface area contributed by atoms with Crippen molar-refractivity contribution in [2.75, 3.05) is 13.7 Å². The zero-order chi connectivity index (χ0) is 13.8. The van der Waals surface area contributed by atoms with Crippen LogP contribution in [-0.4, -0.2) is 24.6 Å². The van der Waals surface area contributed by atoms with Gasteiger partial charge in [0.2, 0.25) is 0 Å². The van der Waals surface area contributed by atoms with Crippen molar-refractivity contribution in [3.63, 3.8) is 0 Å². The Labute approximate surface area is 123 Å². The Kier molecular flexibility index (Phi) is 4.62. The summed E-state index contributed by atoms with van der Waals surface area (Å²) in [6.45, 7) is 2.43. The third-order valence-corrected chi connectivity index (χ3v) is 4.83. The van der Waals surface area contributed by atoms with E-state index in [1.54, 1.807) is 7.11 Å². The summed E-state index contributed by atoms with van der Waals surface area (Å²) in [4.78, 5) is 2.73. The van der Waals surface area contributed by atoms with E-state index in [-0.39, 0.29) is 0 Å². The van der Waals surface area contributed by atoms with Crippen molar-refractivity contribution < 1.29 is 4.74 Å². The van der Waals surface area contributed by atoms with Crippen molar-refractivity contribution in [2.45, 2.75) is 57.5 Å². The summed E-state index contributed by atoms with van der Waals surface area (Å²) in [5, 5.41) is 0. The SMILES string of the molecule is COc1ccc(CN(CC2CCCCC2)C2CC2)cc1. The average molecular weight is 273 g/mol. The molecule has 0 bridgehead atoms. The molecule has 0 atom stereocenters. The minimum Gasteiger partial charge on any atom is -0.497 e. The normalized spacial score (nSPS) is 20.3. The Bertz CT molecular complexity index is 404. The highest BCUT2D eigenvalue weighted by atomic mass is 16.5. The van der Waals surface area contributed by atoms with Crippen molar-refractivity contribution in [1.29, 1.82) is 0 Å². The molecule has 0 spiro atoms. The quantitative estimate of drug-likeness (QED) is 0.768. The maximum atomic E-state index is 5.24. The van der Waals surface area contributed by atoms with Gasteiger partial charge < -0.3 is 4.74 Å². The molecule has 0 amide bonds. The first-order valence-corrected chi connectivity index (χ1v) is 8.22. The minimum absolute atomic E-state index is 0.860. The topological polar surface area (TPSA) is 12.5 Å². The molecule has 0 heterocycles. The summed E-state index contributed by atoms with van der Waals surface area (Å²) >= 11 is 0. The number of methoxy groups -OCH3 is 1. The van der Waals surface area contributed by atoms with Crippen LogP contribution in [0.2, 0.25) is 0 Å². The van der Waals surface area contributed by atoms with E-state index in [1.165, 1.54) is 57.1 Å². The molecule has 2 heteroatoms. The number of ether oxygens (including phenoxy) is 1. The van der Waals surface area contributed by atoms with Crippen LogP contribution in [0.5, 0.6) is 5.75 Å². The van der Waals surface area contributed by atoms with Gasteiger partial charge in [-0.25, -0.2) is 0 Å². The fraction of sp³-hybridized carbons (Fsp3) is 0.667. The van der Waals surface area contributed by atoms with E-state index in [1.807, 2.05) is 0 Å². The molecule has 0 saturated heterocycles. The maximum absolute atomic E-state index is 5.24. The van der Waals surface area contributed by atoms with Gasteiger partial charge in [-0.05, 0) is 49.3 Å². The predicted molar refractivity (Wildman–Crippen MR) is 83.0 cm³/mol. The Balaban J connectivity index is 1.58. The highest BCUT2D eigenvalue weighted by molar-refractivity contribution is 5.27. The Morgan fingerprint density at radius 2 is 1.70 bits per heavy atom. The molecule has 2 nitrogen and oxygen atoms in total. The lowest BCUT2D eigenvalue weighted by Gasteiger charge is -2.30. The Morgan fingerprint density at radius 1 is 1.00 bits per heavy atom. The van der Waals surface area contributed by atoms with Crippen LogP contribution in [0.15, 0.2) is 24.3 Å². The fourth-order valence-corrected chi connectivity index (χ4v) is 3.45. The van der Waals surface area contributed by atoms with Gasteiger partial charge in [-0.15, -0.1) is 0 Å². The Morgan fingerprint density at radius 3 is 2.30 bits per heavy atom. The van der Waals surface area contributed by atoms with Crippen LogP contribution >= 0.6 is 0 Å². The number of hydrogen-bond acceptors (Lipinski definition) is 2. The first-order valence-electron chi connectivity index (χ1n) is 8.22. The van der Waals surface area contributed by atoms with Crippen LogP contribution in [0.1, 0.15) is 50.5 Å². The van der Waals surface area contributed by atoms with Gasteiger partial charge in [-0.3, -0.25) is 4.90 Å². The first-order chi connectivity index (χ1) is 9.85. The average Bonchev–Trinajstić information content (AvgIpc) is 3.33. The van der Waals surface area contributed by atoms with Gasteiger partial charge in [-0.1, -0.05) is 31.4 Å². The Hall–Kier alpha value is -1.02. The zero-order valence-electron chi connectivity index (χ0n) is 12.7. The van der Waals surface area contributed by atoms with E-state index < -0.39 is 0 Å². The molecule has 3 rings (SSSR count). The van der Waals surface area contributed by atoms with Crippen LogP contribution in [-0.2, 0) is 6.54 Å². The molecule has 1 aromatic rings. The van der Waals surface area contributed by atoms with E-state index >= 15 is 0 Å². The molecule has 20 heavy (non-hydrogen) atoms. The second-order valence-electron chi connectivity index (χ2n) is 6.51. The van der Waals surface area contributed by atoms with Crippen molar-refractivity contribution in [3.05, 3.63) is 29.8 Å². The van der Waals surface area contributed by atoms with Crippen molar-refractivity contribution in [1.82, 2.24) is 4.90 Å². The lowest BCUT2D eigenvalue weighted by Crippen LogP contribution is -2.32. The van der Waals surface area contributed by atoms with E-state index in [2.05, 4.69) is 29.2 Å². The maximum Gasteiger partial charge on any atom is 0.118 e. The van der Waals surface area contributed by atoms with Crippen LogP contribution in [0.25, 0.3) is 0 Å².